The summed E-state index contributed by atoms with van der Waals surface area (Å²) in [5.74, 6) is 0.897. The number of aliphatic hydroxyl groups is 2. The Labute approximate surface area is 150 Å². The van der Waals surface area contributed by atoms with E-state index < -0.39 is 11.5 Å². The van der Waals surface area contributed by atoms with Crippen LogP contribution in [0, 0.1) is 28.6 Å². The molecule has 25 heavy (non-hydrogen) atoms. The van der Waals surface area contributed by atoms with Gasteiger partial charge in [0, 0.05) is 5.92 Å². The summed E-state index contributed by atoms with van der Waals surface area (Å²) in [6, 6.07) is 0. The third kappa shape index (κ3) is 2.42. The molecule has 0 aromatic rings. The molecule has 1 spiro atoms. The van der Waals surface area contributed by atoms with Gasteiger partial charge in [-0.05, 0) is 49.4 Å². The second kappa shape index (κ2) is 5.93. The van der Waals surface area contributed by atoms with E-state index in [1.165, 1.54) is 0 Å². The largest absolute Gasteiger partial charge is 0.465 e. The van der Waals surface area contributed by atoms with Crippen molar-refractivity contribution in [2.45, 2.75) is 70.5 Å². The van der Waals surface area contributed by atoms with Crippen LogP contribution in [0.25, 0.3) is 0 Å². The van der Waals surface area contributed by atoms with E-state index in [0.717, 1.165) is 38.5 Å². The second-order valence-electron chi connectivity index (χ2n) is 9.38. The van der Waals surface area contributed by atoms with Crippen LogP contribution in [0.1, 0.15) is 58.8 Å². The van der Waals surface area contributed by atoms with Gasteiger partial charge in [-0.1, -0.05) is 20.3 Å². The van der Waals surface area contributed by atoms with Gasteiger partial charge in [-0.25, -0.2) is 0 Å². The third-order valence-electron chi connectivity index (χ3n) is 8.42. The molecule has 2 aliphatic carbocycles. The van der Waals surface area contributed by atoms with E-state index in [0.29, 0.717) is 31.5 Å². The van der Waals surface area contributed by atoms with E-state index >= 15 is 0 Å². The van der Waals surface area contributed by atoms with Crippen LogP contribution in [0.5, 0.6) is 0 Å². The number of esters is 1. The van der Waals surface area contributed by atoms with Crippen molar-refractivity contribution in [3.8, 4) is 0 Å². The molecular weight excluding hydrogens is 320 g/mol. The monoisotopic (exact) mass is 352 g/mol. The van der Waals surface area contributed by atoms with Gasteiger partial charge < -0.3 is 19.7 Å². The molecule has 0 unspecified atom stereocenters. The van der Waals surface area contributed by atoms with Crippen molar-refractivity contribution in [3.05, 3.63) is 0 Å². The predicted molar refractivity (Wildman–Crippen MR) is 91.7 cm³/mol. The molecule has 2 saturated heterocycles. The van der Waals surface area contributed by atoms with E-state index in [1.807, 2.05) is 0 Å². The van der Waals surface area contributed by atoms with Crippen LogP contribution in [0.3, 0.4) is 0 Å². The van der Waals surface area contributed by atoms with E-state index in [-0.39, 0.29) is 29.5 Å². The lowest BCUT2D eigenvalue weighted by Crippen LogP contribution is -2.66. The lowest BCUT2D eigenvalue weighted by atomic mass is 9.43. The van der Waals surface area contributed by atoms with Gasteiger partial charge in [0.15, 0.2) is 0 Å². The zero-order valence-corrected chi connectivity index (χ0v) is 15.5. The number of hydrogen-bond donors (Lipinski definition) is 2. The summed E-state index contributed by atoms with van der Waals surface area (Å²) in [4.78, 5) is 11.4. The number of epoxide rings is 1. The van der Waals surface area contributed by atoms with Crippen molar-refractivity contribution in [2.75, 3.05) is 19.8 Å². The molecule has 4 fully saturated rings. The molecule has 5 nitrogen and oxygen atoms in total. The average Bonchev–Trinajstić information content (AvgIpc) is 3.23. The van der Waals surface area contributed by atoms with Crippen molar-refractivity contribution >= 4 is 5.97 Å². The Hall–Kier alpha value is -0.650. The van der Waals surface area contributed by atoms with Gasteiger partial charge >= 0.3 is 5.97 Å². The Morgan fingerprint density at radius 3 is 2.72 bits per heavy atom. The zero-order chi connectivity index (χ0) is 17.9. The maximum absolute atomic E-state index is 11.4. The molecule has 142 valence electrons. The maximum atomic E-state index is 11.4. The van der Waals surface area contributed by atoms with Gasteiger partial charge in [0.05, 0.1) is 37.8 Å². The number of fused-ring (bicyclic) bond motifs is 2. The number of carbonyl (C=O) groups excluding carboxylic acids is 1. The SMILES string of the molecule is C[C@@H]1C[C@H](O)[C@]2(CO)[C@H](CCC[C@]23CO3)[C@@]1(C)CC[C@H]1COC(=O)C1. The van der Waals surface area contributed by atoms with Gasteiger partial charge in [-0.2, -0.15) is 0 Å². The van der Waals surface area contributed by atoms with Crippen LogP contribution in [-0.4, -0.2) is 47.7 Å². The first kappa shape index (κ1) is 17.7. The number of rotatable bonds is 4. The van der Waals surface area contributed by atoms with E-state index in [2.05, 4.69) is 13.8 Å². The van der Waals surface area contributed by atoms with Crippen molar-refractivity contribution in [2.24, 2.45) is 28.6 Å². The van der Waals surface area contributed by atoms with Crippen molar-refractivity contribution in [1.82, 2.24) is 0 Å². The lowest BCUT2D eigenvalue weighted by molar-refractivity contribution is -0.212. The van der Waals surface area contributed by atoms with Crippen LogP contribution in [0.15, 0.2) is 0 Å². The van der Waals surface area contributed by atoms with E-state index in [9.17, 15) is 15.0 Å². The lowest BCUT2D eigenvalue weighted by Gasteiger charge is -2.62. The second-order valence-corrected chi connectivity index (χ2v) is 9.38. The Kier molecular flexibility index (Phi) is 4.21. The number of cyclic esters (lactones) is 1. The van der Waals surface area contributed by atoms with Gasteiger partial charge in [0.1, 0.15) is 5.60 Å². The van der Waals surface area contributed by atoms with Crippen LogP contribution in [-0.2, 0) is 14.3 Å². The number of aliphatic hydroxyl groups excluding tert-OH is 2. The summed E-state index contributed by atoms with van der Waals surface area (Å²) in [7, 11) is 0. The smallest absolute Gasteiger partial charge is 0.306 e. The van der Waals surface area contributed by atoms with Crippen LogP contribution >= 0.6 is 0 Å². The highest BCUT2D eigenvalue weighted by Crippen LogP contribution is 2.68. The van der Waals surface area contributed by atoms with E-state index in [1.54, 1.807) is 0 Å². The first-order valence-electron chi connectivity index (χ1n) is 9.96. The summed E-state index contributed by atoms with van der Waals surface area (Å²) in [6.45, 7) is 5.82. The molecule has 0 aromatic heterocycles. The average molecular weight is 352 g/mol. The Bertz CT molecular complexity index is 544. The summed E-state index contributed by atoms with van der Waals surface area (Å²) in [5, 5.41) is 21.5. The predicted octanol–water partition coefficient (Wildman–Crippen LogP) is 2.28. The molecule has 2 saturated carbocycles. The van der Waals surface area contributed by atoms with Crippen molar-refractivity contribution in [1.29, 1.82) is 0 Å². The zero-order valence-electron chi connectivity index (χ0n) is 15.5. The molecular formula is C20H32O5. The van der Waals surface area contributed by atoms with Gasteiger partial charge in [0.25, 0.3) is 0 Å². The molecule has 0 radical (unpaired) electrons. The Morgan fingerprint density at radius 2 is 2.12 bits per heavy atom. The quantitative estimate of drug-likeness (QED) is 0.599. The molecule has 4 aliphatic rings. The number of hydrogen-bond acceptors (Lipinski definition) is 5. The first-order chi connectivity index (χ1) is 11.9. The van der Waals surface area contributed by atoms with Crippen LogP contribution in [0.2, 0.25) is 0 Å². The molecule has 2 N–H and O–H groups in total. The van der Waals surface area contributed by atoms with Gasteiger partial charge in [-0.3, -0.25) is 4.79 Å². The molecule has 0 aromatic carbocycles. The van der Waals surface area contributed by atoms with Crippen molar-refractivity contribution in [3.63, 3.8) is 0 Å². The molecule has 2 aliphatic heterocycles. The Morgan fingerprint density at radius 1 is 1.36 bits per heavy atom. The maximum Gasteiger partial charge on any atom is 0.306 e. The normalized spacial score (nSPS) is 52.1. The molecule has 0 amide bonds. The number of ether oxygens (including phenoxy) is 2. The summed E-state index contributed by atoms with van der Waals surface area (Å²) in [5.41, 5.74) is -0.778. The molecule has 2 heterocycles. The van der Waals surface area contributed by atoms with Gasteiger partial charge in [-0.15, -0.1) is 0 Å². The minimum Gasteiger partial charge on any atom is -0.465 e. The molecule has 5 heteroatoms. The molecule has 0 bridgehead atoms. The van der Waals surface area contributed by atoms with Crippen LogP contribution in [0.4, 0.5) is 0 Å². The fraction of sp³-hybridized carbons (Fsp3) is 0.950. The molecule has 4 rings (SSSR count). The summed E-state index contributed by atoms with van der Waals surface area (Å²) < 4.78 is 11.0. The summed E-state index contributed by atoms with van der Waals surface area (Å²) >= 11 is 0. The van der Waals surface area contributed by atoms with Crippen LogP contribution < -0.4 is 0 Å². The minimum absolute atomic E-state index is 0.00612. The third-order valence-corrected chi connectivity index (χ3v) is 8.42. The first-order valence-corrected chi connectivity index (χ1v) is 9.96. The minimum atomic E-state index is -0.519. The fourth-order valence-corrected chi connectivity index (χ4v) is 6.56. The highest BCUT2D eigenvalue weighted by atomic mass is 16.6. The highest BCUT2D eigenvalue weighted by molar-refractivity contribution is 5.71. The summed E-state index contributed by atoms with van der Waals surface area (Å²) in [6.07, 6.45) is 5.87. The number of carbonyl (C=O) groups is 1. The topological polar surface area (TPSA) is 79.3 Å². The van der Waals surface area contributed by atoms with Crippen molar-refractivity contribution < 1.29 is 24.5 Å². The highest BCUT2D eigenvalue weighted by Gasteiger charge is 2.73. The molecule has 7 atom stereocenters. The standard InChI is InChI=1S/C20H32O5/c1-13-8-16(22)20(11-21)15(4-3-6-19(20)12-25-19)18(13,2)7-5-14-9-17(23)24-10-14/h13-16,21-22H,3-12H2,1-2H3/t13-,14-,15-,16+,18+,19+,20+/m1/s1. The fourth-order valence-electron chi connectivity index (χ4n) is 6.56. The van der Waals surface area contributed by atoms with Gasteiger partial charge in [0.2, 0.25) is 0 Å². The van der Waals surface area contributed by atoms with E-state index in [4.69, 9.17) is 9.47 Å². The Balaban J connectivity index is 1.61.